The maximum absolute atomic E-state index is 12.7. The third kappa shape index (κ3) is 4.29. The molecule has 0 spiro atoms. The molecular formula is C20H33N3O3. The Labute approximate surface area is 156 Å². The van der Waals surface area contributed by atoms with Crippen molar-refractivity contribution in [3.05, 3.63) is 17.5 Å². The van der Waals surface area contributed by atoms with E-state index in [9.17, 15) is 4.79 Å². The first-order valence-electron chi connectivity index (χ1n) is 10.1. The van der Waals surface area contributed by atoms with Crippen LogP contribution in [0.5, 0.6) is 0 Å². The highest BCUT2D eigenvalue weighted by Crippen LogP contribution is 2.36. The van der Waals surface area contributed by atoms with Crippen LogP contribution < -0.4 is 0 Å². The van der Waals surface area contributed by atoms with Gasteiger partial charge in [0.05, 0.1) is 17.7 Å². The molecule has 2 aliphatic heterocycles. The van der Waals surface area contributed by atoms with Crippen LogP contribution in [0.4, 0.5) is 0 Å². The number of ether oxygens (including phenoxy) is 1. The summed E-state index contributed by atoms with van der Waals surface area (Å²) in [7, 11) is 2.07. The second-order valence-electron chi connectivity index (χ2n) is 7.97. The highest BCUT2D eigenvalue weighted by molar-refractivity contribution is 5.77. The molecule has 2 aliphatic rings. The largest absolute Gasteiger partial charge is 0.466 e. The van der Waals surface area contributed by atoms with Gasteiger partial charge in [0.25, 0.3) is 0 Å². The summed E-state index contributed by atoms with van der Waals surface area (Å²) in [5.74, 6) is 1.16. The van der Waals surface area contributed by atoms with Gasteiger partial charge in [-0.05, 0) is 59.3 Å². The fourth-order valence-electron chi connectivity index (χ4n) is 4.55. The summed E-state index contributed by atoms with van der Waals surface area (Å²) >= 11 is 0. The Morgan fingerprint density at radius 3 is 2.96 bits per heavy atom. The van der Waals surface area contributed by atoms with Gasteiger partial charge in [-0.3, -0.25) is 4.79 Å². The van der Waals surface area contributed by atoms with Crippen molar-refractivity contribution in [3.63, 3.8) is 0 Å². The van der Waals surface area contributed by atoms with Gasteiger partial charge >= 0.3 is 5.97 Å². The number of carbonyl (C=O) groups excluding carboxylic acids is 1. The number of hydrogen-bond donors (Lipinski definition) is 0. The summed E-state index contributed by atoms with van der Waals surface area (Å²) in [6.07, 6.45) is 4.80. The van der Waals surface area contributed by atoms with Crippen molar-refractivity contribution < 1.29 is 14.1 Å². The first kappa shape index (κ1) is 19.4. The molecule has 2 fully saturated rings. The molecule has 26 heavy (non-hydrogen) atoms. The van der Waals surface area contributed by atoms with Crippen LogP contribution in [-0.4, -0.2) is 67.3 Å². The average Bonchev–Trinajstić information content (AvgIpc) is 3.10. The van der Waals surface area contributed by atoms with Gasteiger partial charge in [0.2, 0.25) is 0 Å². The molecule has 6 nitrogen and oxygen atoms in total. The van der Waals surface area contributed by atoms with Gasteiger partial charge in [-0.25, -0.2) is 0 Å². The second-order valence-corrected chi connectivity index (χ2v) is 7.97. The fraction of sp³-hybridized carbons (Fsp3) is 0.800. The summed E-state index contributed by atoms with van der Waals surface area (Å²) in [5, 5.41) is 4.36. The van der Waals surface area contributed by atoms with Crippen LogP contribution in [0.3, 0.4) is 0 Å². The number of esters is 1. The summed E-state index contributed by atoms with van der Waals surface area (Å²) in [4.78, 5) is 17.4. The molecule has 3 heterocycles. The van der Waals surface area contributed by atoms with Gasteiger partial charge < -0.3 is 19.1 Å². The van der Waals surface area contributed by atoms with Crippen LogP contribution in [0.25, 0.3) is 0 Å². The molecule has 2 atom stereocenters. The quantitative estimate of drug-likeness (QED) is 0.724. The van der Waals surface area contributed by atoms with E-state index in [0.717, 1.165) is 56.9 Å². The smallest absolute Gasteiger partial charge is 0.313 e. The molecule has 1 aromatic heterocycles. The Balaban J connectivity index is 1.73. The van der Waals surface area contributed by atoms with E-state index in [-0.39, 0.29) is 5.97 Å². The summed E-state index contributed by atoms with van der Waals surface area (Å²) in [5.41, 5.74) is 0.531. The number of aromatic nitrogens is 1. The first-order chi connectivity index (χ1) is 12.6. The Bertz CT molecular complexity index is 603. The van der Waals surface area contributed by atoms with Crippen LogP contribution in [0, 0.1) is 5.41 Å². The van der Waals surface area contributed by atoms with Gasteiger partial charge in [-0.15, -0.1) is 0 Å². The zero-order valence-corrected chi connectivity index (χ0v) is 16.5. The summed E-state index contributed by atoms with van der Waals surface area (Å²) < 4.78 is 11.1. The van der Waals surface area contributed by atoms with E-state index >= 15 is 0 Å². The van der Waals surface area contributed by atoms with Crippen LogP contribution >= 0.6 is 0 Å². The lowest BCUT2D eigenvalue weighted by Crippen LogP contribution is -2.48. The number of likely N-dealkylation sites (tertiary alicyclic amines) is 2. The van der Waals surface area contributed by atoms with Crippen LogP contribution in [0.15, 0.2) is 10.6 Å². The zero-order valence-electron chi connectivity index (χ0n) is 16.5. The van der Waals surface area contributed by atoms with Crippen molar-refractivity contribution >= 4 is 5.97 Å². The number of piperidine rings is 2. The Morgan fingerprint density at radius 1 is 1.38 bits per heavy atom. The highest BCUT2D eigenvalue weighted by Gasteiger charge is 2.44. The molecule has 0 aromatic carbocycles. The number of rotatable bonds is 6. The average molecular weight is 364 g/mol. The SMILES string of the molecule is CCOC(=O)[C@@]1(Cc2cc([C@H]3CCCN(CC)C3)no2)CCCN(C)C1. The van der Waals surface area contributed by atoms with E-state index in [1.807, 2.05) is 6.92 Å². The van der Waals surface area contributed by atoms with Crippen LogP contribution in [0.2, 0.25) is 0 Å². The lowest BCUT2D eigenvalue weighted by molar-refractivity contribution is -0.159. The van der Waals surface area contributed by atoms with Gasteiger partial charge in [0, 0.05) is 31.5 Å². The minimum absolute atomic E-state index is 0.0978. The van der Waals surface area contributed by atoms with Crippen LogP contribution in [-0.2, 0) is 16.0 Å². The topological polar surface area (TPSA) is 58.8 Å². The van der Waals surface area contributed by atoms with Crippen molar-refractivity contribution in [2.45, 2.75) is 51.9 Å². The van der Waals surface area contributed by atoms with E-state index in [1.54, 1.807) is 0 Å². The molecule has 0 bridgehead atoms. The molecular weight excluding hydrogens is 330 g/mol. The number of hydrogen-bond acceptors (Lipinski definition) is 6. The summed E-state index contributed by atoms with van der Waals surface area (Å²) in [6.45, 7) is 9.55. The second kappa shape index (κ2) is 8.53. The molecule has 146 valence electrons. The third-order valence-corrected chi connectivity index (χ3v) is 5.94. The minimum atomic E-state index is -0.512. The normalized spacial score (nSPS) is 28.2. The third-order valence-electron chi connectivity index (χ3n) is 5.94. The van der Waals surface area contributed by atoms with E-state index < -0.39 is 5.41 Å². The molecule has 0 amide bonds. The van der Waals surface area contributed by atoms with Gasteiger partial charge in [0.1, 0.15) is 5.76 Å². The lowest BCUT2D eigenvalue weighted by Gasteiger charge is -2.38. The maximum atomic E-state index is 12.7. The highest BCUT2D eigenvalue weighted by atomic mass is 16.5. The molecule has 3 rings (SSSR count). The maximum Gasteiger partial charge on any atom is 0.313 e. The molecule has 0 aliphatic carbocycles. The van der Waals surface area contributed by atoms with E-state index in [1.165, 1.54) is 13.0 Å². The number of nitrogens with zero attached hydrogens (tertiary/aromatic N) is 3. The molecule has 2 saturated heterocycles. The standard InChI is InChI=1S/C20H33N3O3/c1-4-23-11-6-8-16(14-23)18-12-17(26-21-18)13-20(19(24)25-5-2)9-7-10-22(3)15-20/h12,16H,4-11,13-15H2,1-3H3/t16-,20+/m0/s1. The van der Waals surface area contributed by atoms with Gasteiger partial charge in [-0.1, -0.05) is 12.1 Å². The molecule has 0 saturated carbocycles. The van der Waals surface area contributed by atoms with Gasteiger partial charge in [-0.2, -0.15) is 0 Å². The molecule has 0 radical (unpaired) electrons. The molecule has 1 aromatic rings. The lowest BCUT2D eigenvalue weighted by atomic mass is 9.76. The van der Waals surface area contributed by atoms with Crippen molar-refractivity contribution in [1.82, 2.24) is 15.0 Å². The van der Waals surface area contributed by atoms with Crippen molar-refractivity contribution in [3.8, 4) is 0 Å². The predicted molar refractivity (Wildman–Crippen MR) is 100 cm³/mol. The van der Waals surface area contributed by atoms with E-state index in [2.05, 4.69) is 35.0 Å². The Hall–Kier alpha value is -1.40. The first-order valence-corrected chi connectivity index (χ1v) is 10.1. The predicted octanol–water partition coefficient (Wildman–Crippen LogP) is 2.69. The summed E-state index contributed by atoms with van der Waals surface area (Å²) in [6, 6.07) is 2.08. The minimum Gasteiger partial charge on any atom is -0.466 e. The van der Waals surface area contributed by atoms with Crippen LogP contribution in [0.1, 0.15) is 56.9 Å². The molecule has 6 heteroatoms. The van der Waals surface area contributed by atoms with Gasteiger partial charge in [0.15, 0.2) is 0 Å². The Kier molecular flexibility index (Phi) is 6.35. The number of likely N-dealkylation sites (N-methyl/N-ethyl adjacent to an activating group) is 1. The molecule has 0 N–H and O–H groups in total. The van der Waals surface area contributed by atoms with Crippen molar-refractivity contribution in [2.75, 3.05) is 46.4 Å². The van der Waals surface area contributed by atoms with Crippen molar-refractivity contribution in [2.24, 2.45) is 5.41 Å². The van der Waals surface area contributed by atoms with Crippen molar-refractivity contribution in [1.29, 1.82) is 0 Å². The molecule has 0 unspecified atom stereocenters. The monoisotopic (exact) mass is 363 g/mol. The zero-order chi connectivity index (χ0) is 18.6. The van der Waals surface area contributed by atoms with E-state index in [0.29, 0.717) is 18.9 Å². The Morgan fingerprint density at radius 2 is 2.23 bits per heavy atom. The van der Waals surface area contributed by atoms with E-state index in [4.69, 9.17) is 9.26 Å². The number of carbonyl (C=O) groups is 1. The fourth-order valence-corrected chi connectivity index (χ4v) is 4.55.